The molecule has 4 rings (SSSR count). The number of nitrogens with zero attached hydrogens (tertiary/aromatic N) is 1. The zero-order chi connectivity index (χ0) is 18.9. The lowest BCUT2D eigenvalue weighted by atomic mass is 9.84. The average Bonchev–Trinajstić information content (AvgIpc) is 3.06. The van der Waals surface area contributed by atoms with Crippen molar-refractivity contribution in [3.8, 4) is 5.75 Å². The van der Waals surface area contributed by atoms with Crippen molar-refractivity contribution in [1.82, 2.24) is 10.2 Å². The molecule has 2 aliphatic heterocycles. The van der Waals surface area contributed by atoms with Crippen LogP contribution in [0.2, 0.25) is 0 Å². The number of aliphatic hydroxyl groups is 1. The third-order valence-electron chi connectivity index (χ3n) is 5.59. The topological polar surface area (TPSA) is 61.8 Å². The van der Waals surface area contributed by atoms with E-state index in [-0.39, 0.29) is 12.1 Å². The van der Waals surface area contributed by atoms with Gasteiger partial charge in [-0.05, 0) is 42.5 Å². The number of carbonyl (C=O) groups is 1. The summed E-state index contributed by atoms with van der Waals surface area (Å²) in [4.78, 5) is 14.3. The van der Waals surface area contributed by atoms with Gasteiger partial charge in [-0.3, -0.25) is 0 Å². The maximum atomic E-state index is 12.5. The Kier molecular flexibility index (Phi) is 4.79. The summed E-state index contributed by atoms with van der Waals surface area (Å²) in [6.07, 6.45) is 2.25. The second-order valence-electron chi connectivity index (χ2n) is 7.62. The minimum atomic E-state index is -0.839. The SMILES string of the molecule is C[C@@H]1Cc2cc(CNC(=O)N3CCC(O)(c4ccccc4)CC3)ccc2O1. The van der Waals surface area contributed by atoms with Crippen LogP contribution in [0.1, 0.15) is 36.5 Å². The van der Waals surface area contributed by atoms with Crippen molar-refractivity contribution < 1.29 is 14.6 Å². The zero-order valence-corrected chi connectivity index (χ0v) is 15.6. The Bertz CT molecular complexity index is 814. The van der Waals surface area contributed by atoms with Crippen LogP contribution in [0, 0.1) is 0 Å². The highest BCUT2D eigenvalue weighted by Gasteiger charge is 2.35. The molecule has 1 saturated heterocycles. The second kappa shape index (κ2) is 7.24. The minimum Gasteiger partial charge on any atom is -0.490 e. The summed E-state index contributed by atoms with van der Waals surface area (Å²) in [5.74, 6) is 0.953. The number of hydrogen-bond acceptors (Lipinski definition) is 3. The van der Waals surface area contributed by atoms with Gasteiger partial charge in [0.15, 0.2) is 0 Å². The molecule has 1 atom stereocenters. The molecule has 0 spiro atoms. The van der Waals surface area contributed by atoms with Gasteiger partial charge in [0.25, 0.3) is 0 Å². The van der Waals surface area contributed by atoms with E-state index < -0.39 is 5.60 Å². The summed E-state index contributed by atoms with van der Waals surface area (Å²) in [7, 11) is 0. The van der Waals surface area contributed by atoms with Crippen molar-refractivity contribution in [1.29, 1.82) is 0 Å². The molecule has 0 radical (unpaired) electrons. The predicted octanol–water partition coefficient (Wildman–Crippen LogP) is 3.20. The van der Waals surface area contributed by atoms with Crippen molar-refractivity contribution in [2.75, 3.05) is 13.1 Å². The zero-order valence-electron chi connectivity index (χ0n) is 15.6. The summed E-state index contributed by atoms with van der Waals surface area (Å²) in [6, 6.07) is 15.8. The van der Waals surface area contributed by atoms with Crippen LogP contribution in [-0.4, -0.2) is 35.2 Å². The van der Waals surface area contributed by atoms with Crippen LogP contribution >= 0.6 is 0 Å². The first-order valence-electron chi connectivity index (χ1n) is 9.63. The number of ether oxygens (including phenoxy) is 1. The third-order valence-corrected chi connectivity index (χ3v) is 5.59. The van der Waals surface area contributed by atoms with Crippen molar-refractivity contribution in [3.05, 3.63) is 65.2 Å². The molecule has 0 saturated carbocycles. The molecule has 5 nitrogen and oxygen atoms in total. The first kappa shape index (κ1) is 17.9. The molecule has 142 valence electrons. The molecule has 0 aromatic heterocycles. The molecule has 27 heavy (non-hydrogen) atoms. The van der Waals surface area contributed by atoms with Gasteiger partial charge in [-0.25, -0.2) is 4.79 Å². The Hall–Kier alpha value is -2.53. The molecule has 1 fully saturated rings. The molecule has 2 amide bonds. The van der Waals surface area contributed by atoms with Crippen LogP contribution in [-0.2, 0) is 18.6 Å². The predicted molar refractivity (Wildman–Crippen MR) is 104 cm³/mol. The standard InChI is InChI=1S/C22H26N2O3/c1-16-13-18-14-17(7-8-20(18)27-16)15-23-21(25)24-11-9-22(26,10-12-24)19-5-3-2-4-6-19/h2-8,14,16,26H,9-13,15H2,1H3,(H,23,25)/t16-/m1/s1. The lowest BCUT2D eigenvalue weighted by molar-refractivity contribution is -0.0168. The Labute approximate surface area is 160 Å². The van der Waals surface area contributed by atoms with Gasteiger partial charge in [-0.2, -0.15) is 0 Å². The van der Waals surface area contributed by atoms with Crippen molar-refractivity contribution in [2.24, 2.45) is 0 Å². The van der Waals surface area contributed by atoms with Crippen LogP contribution in [0.15, 0.2) is 48.5 Å². The van der Waals surface area contributed by atoms with Crippen molar-refractivity contribution in [3.63, 3.8) is 0 Å². The lowest BCUT2D eigenvalue weighted by Crippen LogP contribution is -2.48. The van der Waals surface area contributed by atoms with Gasteiger partial charge in [-0.1, -0.05) is 42.5 Å². The van der Waals surface area contributed by atoms with Crippen LogP contribution < -0.4 is 10.1 Å². The van der Waals surface area contributed by atoms with Gasteiger partial charge in [0.2, 0.25) is 0 Å². The highest BCUT2D eigenvalue weighted by atomic mass is 16.5. The number of nitrogens with one attached hydrogen (secondary N) is 1. The largest absolute Gasteiger partial charge is 0.490 e. The molecular formula is C22H26N2O3. The van der Waals surface area contributed by atoms with Crippen LogP contribution in [0.25, 0.3) is 0 Å². The summed E-state index contributed by atoms with van der Waals surface area (Å²) < 4.78 is 5.72. The molecule has 0 aliphatic carbocycles. The van der Waals surface area contributed by atoms with Gasteiger partial charge < -0.3 is 20.1 Å². The van der Waals surface area contributed by atoms with Crippen LogP contribution in [0.3, 0.4) is 0 Å². The van der Waals surface area contributed by atoms with Crippen LogP contribution in [0.4, 0.5) is 4.79 Å². The maximum absolute atomic E-state index is 12.5. The van der Waals surface area contributed by atoms with Gasteiger partial charge in [-0.15, -0.1) is 0 Å². The number of benzene rings is 2. The first-order chi connectivity index (χ1) is 13.0. The molecule has 0 bridgehead atoms. The number of fused-ring (bicyclic) bond motifs is 1. The molecule has 2 aromatic carbocycles. The van der Waals surface area contributed by atoms with Gasteiger partial charge >= 0.3 is 6.03 Å². The summed E-state index contributed by atoms with van der Waals surface area (Å²) in [5.41, 5.74) is 2.38. The number of carbonyl (C=O) groups excluding carboxylic acids is 1. The maximum Gasteiger partial charge on any atom is 0.317 e. The van der Waals surface area contributed by atoms with Gasteiger partial charge in [0.1, 0.15) is 11.9 Å². The average molecular weight is 366 g/mol. The normalized spacial score (nSPS) is 20.7. The van der Waals surface area contributed by atoms with Gasteiger partial charge in [0.05, 0.1) is 5.60 Å². The molecule has 5 heteroatoms. The smallest absolute Gasteiger partial charge is 0.317 e. The molecule has 2 aromatic rings. The molecule has 2 aliphatic rings. The fraction of sp³-hybridized carbons (Fsp3) is 0.409. The Morgan fingerprint density at radius 2 is 1.96 bits per heavy atom. The Morgan fingerprint density at radius 3 is 2.70 bits per heavy atom. The lowest BCUT2D eigenvalue weighted by Gasteiger charge is -2.38. The quantitative estimate of drug-likeness (QED) is 0.877. The van der Waals surface area contributed by atoms with Crippen LogP contribution in [0.5, 0.6) is 5.75 Å². The summed E-state index contributed by atoms with van der Waals surface area (Å²) in [6.45, 7) is 3.66. The number of amides is 2. The number of urea groups is 1. The molecular weight excluding hydrogens is 340 g/mol. The number of rotatable bonds is 3. The van der Waals surface area contributed by atoms with E-state index in [9.17, 15) is 9.90 Å². The second-order valence-corrected chi connectivity index (χ2v) is 7.62. The van der Waals surface area contributed by atoms with Crippen molar-refractivity contribution in [2.45, 2.75) is 44.4 Å². The Morgan fingerprint density at radius 1 is 1.22 bits per heavy atom. The van der Waals surface area contributed by atoms with E-state index in [0.29, 0.717) is 32.5 Å². The molecule has 2 N–H and O–H groups in total. The minimum absolute atomic E-state index is 0.0739. The van der Waals surface area contributed by atoms with E-state index >= 15 is 0 Å². The highest BCUT2D eigenvalue weighted by Crippen LogP contribution is 2.33. The summed E-state index contributed by atoms with van der Waals surface area (Å²) >= 11 is 0. The third kappa shape index (κ3) is 3.78. The number of piperidine rings is 1. The van der Waals surface area contributed by atoms with E-state index in [4.69, 9.17) is 4.74 Å². The van der Waals surface area contributed by atoms with Crippen molar-refractivity contribution >= 4 is 6.03 Å². The molecule has 2 heterocycles. The first-order valence-corrected chi connectivity index (χ1v) is 9.63. The number of hydrogen-bond donors (Lipinski definition) is 2. The summed E-state index contributed by atoms with van der Waals surface area (Å²) in [5, 5.41) is 13.9. The monoisotopic (exact) mass is 366 g/mol. The fourth-order valence-electron chi connectivity index (χ4n) is 3.99. The fourth-order valence-corrected chi connectivity index (χ4v) is 3.99. The highest BCUT2D eigenvalue weighted by molar-refractivity contribution is 5.74. The van der Waals surface area contributed by atoms with E-state index in [1.807, 2.05) is 42.5 Å². The van der Waals surface area contributed by atoms with Gasteiger partial charge in [0, 0.05) is 26.1 Å². The molecule has 0 unspecified atom stereocenters. The van der Waals surface area contributed by atoms with E-state index in [0.717, 1.165) is 23.3 Å². The Balaban J connectivity index is 1.31. The number of likely N-dealkylation sites (tertiary alicyclic amines) is 1. The van der Waals surface area contributed by atoms with E-state index in [1.54, 1.807) is 4.90 Å². The van der Waals surface area contributed by atoms with E-state index in [1.165, 1.54) is 5.56 Å². The van der Waals surface area contributed by atoms with E-state index in [2.05, 4.69) is 18.3 Å².